The molecule has 6 nitrogen and oxygen atoms in total. The summed E-state index contributed by atoms with van der Waals surface area (Å²) in [4.78, 5) is 14.9. The van der Waals surface area contributed by atoms with E-state index in [1.807, 2.05) is 40.0 Å². The Morgan fingerprint density at radius 2 is 2.04 bits per heavy atom. The summed E-state index contributed by atoms with van der Waals surface area (Å²) in [6, 6.07) is 8.17. The number of amides is 1. The number of carbonyl (C=O) groups excluding carboxylic acids is 1. The molecule has 2 aliphatic heterocycles. The van der Waals surface area contributed by atoms with Crippen LogP contribution in [0.15, 0.2) is 30.5 Å². The molecule has 26 heavy (non-hydrogen) atoms. The van der Waals surface area contributed by atoms with Gasteiger partial charge in [0.25, 0.3) is 5.91 Å². The minimum atomic E-state index is -0.0392. The first kappa shape index (κ1) is 19.1. The smallest absolute Gasteiger partial charge is 0.276 e. The Hall–Kier alpha value is -1.63. The van der Waals surface area contributed by atoms with Gasteiger partial charge in [-0.3, -0.25) is 4.79 Å². The number of piperidine rings is 1. The van der Waals surface area contributed by atoms with Crippen molar-refractivity contribution in [3.8, 4) is 0 Å². The van der Waals surface area contributed by atoms with E-state index in [4.69, 9.17) is 11.6 Å². The van der Waals surface area contributed by atoms with Crippen LogP contribution in [0.2, 0.25) is 5.02 Å². The number of nitrogens with one attached hydrogen (secondary N) is 1. The number of nitrogens with zero attached hydrogens (tertiary/aromatic N) is 4. The maximum atomic E-state index is 13.0. The molecule has 0 saturated carbocycles. The van der Waals surface area contributed by atoms with E-state index in [0.717, 1.165) is 50.9 Å². The second-order valence-electron chi connectivity index (χ2n) is 6.78. The van der Waals surface area contributed by atoms with E-state index in [2.05, 4.69) is 15.6 Å². The largest absolute Gasteiger partial charge is 0.330 e. The van der Waals surface area contributed by atoms with Gasteiger partial charge >= 0.3 is 0 Å². The van der Waals surface area contributed by atoms with Gasteiger partial charge in [0.15, 0.2) is 5.69 Å². The summed E-state index contributed by atoms with van der Waals surface area (Å²) in [5.74, 6) is -0.0392. The molecule has 1 atom stereocenters. The van der Waals surface area contributed by atoms with Gasteiger partial charge in [-0.25, -0.2) is 4.68 Å². The maximum absolute atomic E-state index is 13.0. The van der Waals surface area contributed by atoms with E-state index >= 15 is 0 Å². The lowest BCUT2D eigenvalue weighted by Gasteiger charge is -2.24. The second-order valence-corrected chi connectivity index (χ2v) is 7.21. The van der Waals surface area contributed by atoms with Crippen molar-refractivity contribution in [3.05, 3.63) is 46.7 Å². The molecule has 1 N–H and O–H groups in total. The summed E-state index contributed by atoms with van der Waals surface area (Å²) in [6.45, 7) is 2.71. The fourth-order valence-corrected chi connectivity index (χ4v) is 4.04. The Morgan fingerprint density at radius 3 is 2.81 bits per heavy atom. The fourth-order valence-electron chi connectivity index (χ4n) is 3.84. The monoisotopic (exact) mass is 395 g/mol. The maximum Gasteiger partial charge on any atom is 0.276 e. The topological polar surface area (TPSA) is 63.1 Å². The number of hydrogen-bond acceptors (Lipinski definition) is 4. The molecular formula is C18H23Cl2N5O. The van der Waals surface area contributed by atoms with Gasteiger partial charge in [-0.2, -0.15) is 0 Å². The lowest BCUT2D eigenvalue weighted by Crippen LogP contribution is -2.31. The van der Waals surface area contributed by atoms with Crippen LogP contribution in [0.25, 0.3) is 0 Å². The second kappa shape index (κ2) is 8.37. The quantitative estimate of drug-likeness (QED) is 0.865. The predicted octanol–water partition coefficient (Wildman–Crippen LogP) is 3.26. The molecule has 0 bridgehead atoms. The zero-order chi connectivity index (χ0) is 17.2. The Morgan fingerprint density at radius 1 is 1.23 bits per heavy atom. The zero-order valence-electron chi connectivity index (χ0n) is 14.5. The van der Waals surface area contributed by atoms with Crippen molar-refractivity contribution < 1.29 is 4.79 Å². The molecule has 0 radical (unpaired) electrons. The van der Waals surface area contributed by atoms with Gasteiger partial charge in [0, 0.05) is 11.6 Å². The molecule has 1 unspecified atom stereocenters. The van der Waals surface area contributed by atoms with Gasteiger partial charge in [0.1, 0.15) is 0 Å². The summed E-state index contributed by atoms with van der Waals surface area (Å²) in [5.41, 5.74) is 1.52. The van der Waals surface area contributed by atoms with E-state index in [-0.39, 0.29) is 24.4 Å². The molecule has 0 spiro atoms. The van der Waals surface area contributed by atoms with Crippen LogP contribution in [0.4, 0.5) is 0 Å². The third kappa shape index (κ3) is 3.87. The molecule has 3 heterocycles. The van der Waals surface area contributed by atoms with Crippen molar-refractivity contribution in [1.29, 1.82) is 0 Å². The summed E-state index contributed by atoms with van der Waals surface area (Å²) >= 11 is 6.12. The molecule has 4 rings (SSSR count). The lowest BCUT2D eigenvalue weighted by atomic mass is 10.0. The first-order valence-electron chi connectivity index (χ1n) is 8.91. The standard InChI is InChI=1S/C18H22ClN5O.ClH/c19-14-4-1-3-13(11-14)17-5-2-10-23(17)18(25)16-12-24(22-21-16)15-6-8-20-9-7-15;/h1,3-4,11-12,15,17,20H,2,5-10H2;1H. The molecule has 1 amide bonds. The minimum absolute atomic E-state index is 0. The minimum Gasteiger partial charge on any atom is -0.330 e. The number of aromatic nitrogens is 3. The molecule has 2 aliphatic rings. The summed E-state index contributed by atoms with van der Waals surface area (Å²) in [6.07, 6.45) is 5.79. The highest BCUT2D eigenvalue weighted by Crippen LogP contribution is 2.34. The lowest BCUT2D eigenvalue weighted by molar-refractivity contribution is 0.0729. The molecule has 2 saturated heterocycles. The molecule has 1 aromatic heterocycles. The number of carbonyl (C=O) groups is 1. The van der Waals surface area contributed by atoms with Crippen molar-refractivity contribution in [2.24, 2.45) is 0 Å². The average molecular weight is 396 g/mol. The number of hydrogen-bond donors (Lipinski definition) is 1. The van der Waals surface area contributed by atoms with Crippen molar-refractivity contribution in [3.63, 3.8) is 0 Å². The van der Waals surface area contributed by atoms with Crippen LogP contribution in [0.1, 0.15) is 53.8 Å². The van der Waals surface area contributed by atoms with Crippen molar-refractivity contribution >= 4 is 29.9 Å². The van der Waals surface area contributed by atoms with Crippen LogP contribution in [-0.2, 0) is 0 Å². The highest BCUT2D eigenvalue weighted by Gasteiger charge is 2.32. The van der Waals surface area contributed by atoms with Crippen LogP contribution in [0.3, 0.4) is 0 Å². The van der Waals surface area contributed by atoms with E-state index < -0.39 is 0 Å². The van der Waals surface area contributed by atoms with Gasteiger partial charge in [0.05, 0.1) is 18.3 Å². The van der Waals surface area contributed by atoms with Crippen molar-refractivity contribution in [2.45, 2.75) is 37.8 Å². The van der Waals surface area contributed by atoms with Crippen LogP contribution in [0, 0.1) is 0 Å². The molecule has 1 aromatic carbocycles. The van der Waals surface area contributed by atoms with E-state index in [1.165, 1.54) is 0 Å². The number of benzene rings is 1. The van der Waals surface area contributed by atoms with Crippen molar-refractivity contribution in [1.82, 2.24) is 25.2 Å². The van der Waals surface area contributed by atoms with E-state index in [1.54, 1.807) is 0 Å². The summed E-state index contributed by atoms with van der Waals surface area (Å²) in [7, 11) is 0. The SMILES string of the molecule is Cl.O=C(c1cn(C2CCNCC2)nn1)N1CCCC1c1cccc(Cl)c1. The predicted molar refractivity (Wildman–Crippen MR) is 103 cm³/mol. The van der Waals surface area contributed by atoms with Gasteiger partial charge in [0.2, 0.25) is 0 Å². The van der Waals surface area contributed by atoms with Crippen LogP contribution < -0.4 is 5.32 Å². The molecule has 2 aromatic rings. The third-order valence-electron chi connectivity index (χ3n) is 5.16. The van der Waals surface area contributed by atoms with Crippen molar-refractivity contribution in [2.75, 3.05) is 19.6 Å². The van der Waals surface area contributed by atoms with Crippen LogP contribution in [-0.4, -0.2) is 45.4 Å². The Labute approximate surface area is 164 Å². The van der Waals surface area contributed by atoms with E-state index in [0.29, 0.717) is 16.8 Å². The number of halogens is 2. The summed E-state index contributed by atoms with van der Waals surface area (Å²) in [5, 5.41) is 12.4. The highest BCUT2D eigenvalue weighted by atomic mass is 35.5. The normalized spacial score (nSPS) is 20.8. The molecule has 140 valence electrons. The van der Waals surface area contributed by atoms with Gasteiger partial charge < -0.3 is 10.2 Å². The van der Waals surface area contributed by atoms with Crippen LogP contribution >= 0.6 is 24.0 Å². The Balaban J connectivity index is 0.00000196. The fraction of sp³-hybridized carbons (Fsp3) is 0.500. The first-order valence-corrected chi connectivity index (χ1v) is 9.29. The number of likely N-dealkylation sites (tertiary alicyclic amines) is 1. The first-order chi connectivity index (χ1) is 12.2. The average Bonchev–Trinajstić information content (AvgIpc) is 3.32. The number of rotatable bonds is 3. The van der Waals surface area contributed by atoms with Crippen LogP contribution in [0.5, 0.6) is 0 Å². The third-order valence-corrected chi connectivity index (χ3v) is 5.39. The zero-order valence-corrected chi connectivity index (χ0v) is 16.0. The van der Waals surface area contributed by atoms with E-state index in [9.17, 15) is 4.79 Å². The molecule has 0 aliphatic carbocycles. The Bertz CT molecular complexity index is 760. The molecular weight excluding hydrogens is 373 g/mol. The summed E-state index contributed by atoms with van der Waals surface area (Å²) < 4.78 is 1.86. The molecule has 8 heteroatoms. The van der Waals surface area contributed by atoms with Gasteiger partial charge in [-0.05, 0) is 56.5 Å². The van der Waals surface area contributed by atoms with Gasteiger partial charge in [-0.1, -0.05) is 28.9 Å². The molecule has 2 fully saturated rings. The highest BCUT2D eigenvalue weighted by molar-refractivity contribution is 6.30. The van der Waals surface area contributed by atoms with Gasteiger partial charge in [-0.15, -0.1) is 17.5 Å². The Kier molecular flexibility index (Phi) is 6.16.